The maximum atomic E-state index is 11.3. The highest BCUT2D eigenvalue weighted by molar-refractivity contribution is 5.89. The zero-order valence-corrected chi connectivity index (χ0v) is 9.09. The third-order valence-corrected chi connectivity index (χ3v) is 2.74. The Bertz CT molecular complexity index is 415. The highest BCUT2D eigenvalue weighted by atomic mass is 16.5. The van der Waals surface area contributed by atoms with E-state index < -0.39 is 0 Å². The monoisotopic (exact) mass is 205 g/mol. The van der Waals surface area contributed by atoms with Gasteiger partial charge in [0, 0.05) is 5.69 Å². The number of hydrogen-bond acceptors (Lipinski definition) is 2. The summed E-state index contributed by atoms with van der Waals surface area (Å²) in [6.45, 7) is 2.12. The van der Waals surface area contributed by atoms with Crippen molar-refractivity contribution in [3.05, 3.63) is 29.1 Å². The van der Waals surface area contributed by atoms with Gasteiger partial charge in [0.05, 0.1) is 7.11 Å². The van der Waals surface area contributed by atoms with Gasteiger partial charge in [-0.15, -0.1) is 0 Å². The van der Waals surface area contributed by atoms with Crippen molar-refractivity contribution in [1.29, 1.82) is 0 Å². The van der Waals surface area contributed by atoms with Crippen LogP contribution in [0.1, 0.15) is 41.5 Å². The van der Waals surface area contributed by atoms with Crippen molar-refractivity contribution in [2.24, 2.45) is 0 Å². The van der Waals surface area contributed by atoms with Gasteiger partial charge in [-0.3, -0.25) is 0 Å². The second-order valence-electron chi connectivity index (χ2n) is 3.71. The summed E-state index contributed by atoms with van der Waals surface area (Å²) in [4.78, 5) is 14.4. The van der Waals surface area contributed by atoms with Crippen LogP contribution >= 0.6 is 0 Å². The lowest BCUT2D eigenvalue weighted by atomic mass is 10.2. The Labute approximate surface area is 89.1 Å². The second kappa shape index (κ2) is 3.93. The largest absolute Gasteiger partial charge is 0.464 e. The van der Waals surface area contributed by atoms with Gasteiger partial charge >= 0.3 is 5.97 Å². The number of aryl methyl sites for hydroxylation is 1. The Morgan fingerprint density at radius 1 is 1.60 bits per heavy atom. The first-order valence-corrected chi connectivity index (χ1v) is 5.25. The molecule has 1 aromatic heterocycles. The van der Waals surface area contributed by atoms with Gasteiger partial charge < -0.3 is 9.72 Å². The van der Waals surface area contributed by atoms with Crippen LogP contribution in [0.2, 0.25) is 0 Å². The van der Waals surface area contributed by atoms with Crippen molar-refractivity contribution in [2.75, 3.05) is 7.11 Å². The van der Waals surface area contributed by atoms with E-state index in [-0.39, 0.29) is 5.97 Å². The van der Waals surface area contributed by atoms with Gasteiger partial charge in [-0.1, -0.05) is 13.0 Å². The lowest BCUT2D eigenvalue weighted by Crippen LogP contribution is -2.01. The minimum Gasteiger partial charge on any atom is -0.464 e. The molecule has 1 aliphatic rings. The fourth-order valence-electron chi connectivity index (χ4n) is 2.05. The number of aromatic amines is 1. The molecule has 0 aliphatic heterocycles. The van der Waals surface area contributed by atoms with Crippen LogP contribution in [0.25, 0.3) is 5.57 Å². The smallest absolute Gasteiger partial charge is 0.354 e. The number of aromatic nitrogens is 1. The summed E-state index contributed by atoms with van der Waals surface area (Å²) in [6.07, 6.45) is 5.34. The Morgan fingerprint density at radius 3 is 3.07 bits per heavy atom. The summed E-state index contributed by atoms with van der Waals surface area (Å²) in [5.41, 5.74) is 4.24. The van der Waals surface area contributed by atoms with E-state index in [4.69, 9.17) is 0 Å². The van der Waals surface area contributed by atoms with Crippen molar-refractivity contribution >= 4 is 11.5 Å². The summed E-state index contributed by atoms with van der Waals surface area (Å²) in [6, 6.07) is 1.90. The molecule has 1 aliphatic carbocycles. The molecule has 0 bridgehead atoms. The van der Waals surface area contributed by atoms with Gasteiger partial charge in [0.1, 0.15) is 5.69 Å². The van der Waals surface area contributed by atoms with E-state index in [1.54, 1.807) is 0 Å². The Hall–Kier alpha value is -1.51. The van der Waals surface area contributed by atoms with Crippen LogP contribution in [0.5, 0.6) is 0 Å². The van der Waals surface area contributed by atoms with Crippen LogP contribution in [-0.4, -0.2) is 18.1 Å². The number of fused-ring (bicyclic) bond motifs is 1. The third-order valence-electron chi connectivity index (χ3n) is 2.74. The molecule has 1 aromatic rings. The summed E-state index contributed by atoms with van der Waals surface area (Å²) < 4.78 is 4.68. The van der Waals surface area contributed by atoms with Gasteiger partial charge in [0.25, 0.3) is 0 Å². The third kappa shape index (κ3) is 1.69. The van der Waals surface area contributed by atoms with Crippen molar-refractivity contribution in [2.45, 2.75) is 26.2 Å². The normalized spacial score (nSPS) is 16.8. The number of carbonyl (C=O) groups excluding carboxylic acids is 1. The lowest BCUT2D eigenvalue weighted by Gasteiger charge is -1.97. The summed E-state index contributed by atoms with van der Waals surface area (Å²) in [5.74, 6) is -0.291. The summed E-state index contributed by atoms with van der Waals surface area (Å²) in [7, 11) is 1.40. The van der Waals surface area contributed by atoms with Gasteiger partial charge in [-0.05, 0) is 36.5 Å². The van der Waals surface area contributed by atoms with Crippen molar-refractivity contribution < 1.29 is 9.53 Å². The average Bonchev–Trinajstić information content (AvgIpc) is 2.79. The van der Waals surface area contributed by atoms with Crippen LogP contribution in [0, 0.1) is 0 Å². The first-order chi connectivity index (χ1) is 7.26. The standard InChI is InChI=1S/C12H15NO2/c1-3-4-8-5-6-9-7-10(12(14)15-2)13-11(8)9/h4,7,13H,3,5-6H2,1-2H3/b8-4+. The Morgan fingerprint density at radius 2 is 2.40 bits per heavy atom. The summed E-state index contributed by atoms with van der Waals surface area (Å²) in [5, 5.41) is 0. The molecule has 1 heterocycles. The van der Waals surface area contributed by atoms with Crippen LogP contribution in [0.3, 0.4) is 0 Å². The number of rotatable bonds is 2. The van der Waals surface area contributed by atoms with Crippen molar-refractivity contribution in [1.82, 2.24) is 4.98 Å². The molecule has 0 aromatic carbocycles. The molecule has 2 rings (SSSR count). The minimum absolute atomic E-state index is 0.291. The van der Waals surface area contributed by atoms with Gasteiger partial charge in [0.2, 0.25) is 0 Å². The molecule has 0 saturated carbocycles. The molecule has 3 nitrogen and oxygen atoms in total. The number of carbonyl (C=O) groups is 1. The van der Waals surface area contributed by atoms with Crippen molar-refractivity contribution in [3.63, 3.8) is 0 Å². The fraction of sp³-hybridized carbons (Fsp3) is 0.417. The highest BCUT2D eigenvalue weighted by Crippen LogP contribution is 2.32. The lowest BCUT2D eigenvalue weighted by molar-refractivity contribution is 0.0594. The average molecular weight is 205 g/mol. The number of ether oxygens (including phenoxy) is 1. The molecule has 0 unspecified atom stereocenters. The van der Waals surface area contributed by atoms with E-state index in [2.05, 4.69) is 22.7 Å². The highest BCUT2D eigenvalue weighted by Gasteiger charge is 2.21. The topological polar surface area (TPSA) is 42.1 Å². The van der Waals surface area contributed by atoms with E-state index in [0.717, 1.165) is 25.0 Å². The van der Waals surface area contributed by atoms with E-state index in [0.29, 0.717) is 5.69 Å². The van der Waals surface area contributed by atoms with Crippen LogP contribution < -0.4 is 0 Å². The first-order valence-electron chi connectivity index (χ1n) is 5.25. The first kappa shape index (κ1) is 10.0. The zero-order valence-electron chi connectivity index (χ0n) is 9.09. The predicted octanol–water partition coefficient (Wildman–Crippen LogP) is 2.54. The van der Waals surface area contributed by atoms with E-state index >= 15 is 0 Å². The molecule has 0 spiro atoms. The fourth-order valence-corrected chi connectivity index (χ4v) is 2.05. The second-order valence-corrected chi connectivity index (χ2v) is 3.71. The predicted molar refractivity (Wildman–Crippen MR) is 58.7 cm³/mol. The number of methoxy groups -OCH3 is 1. The molecule has 0 atom stereocenters. The van der Waals surface area contributed by atoms with Gasteiger partial charge in [-0.2, -0.15) is 0 Å². The maximum absolute atomic E-state index is 11.3. The molecule has 1 N–H and O–H groups in total. The SMILES string of the molecule is CC/C=C1\CCc2cc(C(=O)OC)[nH]c21. The molecular formula is C12H15NO2. The molecule has 0 saturated heterocycles. The molecular weight excluding hydrogens is 190 g/mol. The molecule has 3 heteroatoms. The maximum Gasteiger partial charge on any atom is 0.354 e. The van der Waals surface area contributed by atoms with Crippen LogP contribution in [0.4, 0.5) is 0 Å². The van der Waals surface area contributed by atoms with Crippen LogP contribution in [0.15, 0.2) is 12.1 Å². The van der Waals surface area contributed by atoms with Gasteiger partial charge in [-0.25, -0.2) is 4.79 Å². The van der Waals surface area contributed by atoms with Crippen molar-refractivity contribution in [3.8, 4) is 0 Å². The minimum atomic E-state index is -0.291. The number of allylic oxidation sites excluding steroid dienone is 2. The summed E-state index contributed by atoms with van der Waals surface area (Å²) >= 11 is 0. The number of hydrogen-bond donors (Lipinski definition) is 1. The number of H-pyrrole nitrogens is 1. The van der Waals surface area contributed by atoms with E-state index in [9.17, 15) is 4.79 Å². The quantitative estimate of drug-likeness (QED) is 0.754. The Balaban J connectivity index is 2.34. The molecule has 0 fully saturated rings. The molecule has 0 amide bonds. The number of esters is 1. The molecule has 0 radical (unpaired) electrons. The van der Waals surface area contributed by atoms with Gasteiger partial charge in [0.15, 0.2) is 0 Å². The molecule has 15 heavy (non-hydrogen) atoms. The Kier molecular flexibility index (Phi) is 2.62. The van der Waals surface area contributed by atoms with E-state index in [1.807, 2.05) is 6.07 Å². The van der Waals surface area contributed by atoms with E-state index in [1.165, 1.54) is 18.2 Å². The number of nitrogens with one attached hydrogen (secondary N) is 1. The zero-order chi connectivity index (χ0) is 10.8. The van der Waals surface area contributed by atoms with Crippen LogP contribution in [-0.2, 0) is 11.2 Å². The molecule has 80 valence electrons.